The van der Waals surface area contributed by atoms with E-state index < -0.39 is 6.55 Å². The Bertz CT molecular complexity index is 1160. The van der Waals surface area contributed by atoms with E-state index in [1.54, 1.807) is 24.1 Å². The fraction of sp³-hybridized carbons (Fsp3) is 0.150. The van der Waals surface area contributed by atoms with Gasteiger partial charge in [-0.1, -0.05) is 30.3 Å². The summed E-state index contributed by atoms with van der Waals surface area (Å²) < 4.78 is 29.6. The Balaban J connectivity index is 1.75. The van der Waals surface area contributed by atoms with Gasteiger partial charge in [0, 0.05) is 48.4 Å². The Morgan fingerprint density at radius 2 is 1.68 bits per heavy atom. The van der Waals surface area contributed by atoms with Gasteiger partial charge in [-0.15, -0.1) is 0 Å². The third-order valence-corrected chi connectivity index (χ3v) is 4.47. The highest BCUT2D eigenvalue weighted by Gasteiger charge is 2.15. The van der Waals surface area contributed by atoms with E-state index in [4.69, 9.17) is 0 Å². The van der Waals surface area contributed by atoms with Gasteiger partial charge in [-0.2, -0.15) is 19.0 Å². The van der Waals surface area contributed by atoms with Crippen LogP contribution in [0.4, 0.5) is 8.78 Å². The maximum Gasteiger partial charge on any atom is 0.333 e. The molecule has 3 aromatic heterocycles. The van der Waals surface area contributed by atoms with Crippen LogP contribution in [0.2, 0.25) is 0 Å². The molecule has 0 atom stereocenters. The number of pyridine rings is 1. The van der Waals surface area contributed by atoms with Crippen molar-refractivity contribution in [3.05, 3.63) is 83.3 Å². The molecule has 0 bridgehead atoms. The molecule has 8 heteroatoms. The first kappa shape index (κ1) is 17.8. The molecule has 28 heavy (non-hydrogen) atoms. The van der Waals surface area contributed by atoms with Gasteiger partial charge < -0.3 is 4.57 Å². The molecule has 1 aromatic carbocycles. The van der Waals surface area contributed by atoms with Gasteiger partial charge in [0.15, 0.2) is 0 Å². The molecule has 0 aliphatic carbocycles. The van der Waals surface area contributed by atoms with Gasteiger partial charge in [-0.05, 0) is 11.1 Å². The summed E-state index contributed by atoms with van der Waals surface area (Å²) in [5.41, 5.74) is 3.36. The summed E-state index contributed by atoms with van der Waals surface area (Å²) in [5, 5.41) is 8.07. The van der Waals surface area contributed by atoms with Gasteiger partial charge >= 0.3 is 6.55 Å². The highest BCUT2D eigenvalue weighted by atomic mass is 19.3. The number of hydrogen-bond acceptors (Lipinski definition) is 3. The van der Waals surface area contributed by atoms with Crippen LogP contribution >= 0.6 is 0 Å². The van der Waals surface area contributed by atoms with Gasteiger partial charge in [-0.25, -0.2) is 4.68 Å². The number of benzene rings is 1. The van der Waals surface area contributed by atoms with Gasteiger partial charge in [-0.3, -0.25) is 9.48 Å². The average Bonchev–Trinajstić information content (AvgIpc) is 3.34. The molecule has 0 saturated heterocycles. The van der Waals surface area contributed by atoms with Crippen molar-refractivity contribution in [3.63, 3.8) is 0 Å². The van der Waals surface area contributed by atoms with E-state index in [0.717, 1.165) is 16.7 Å². The summed E-state index contributed by atoms with van der Waals surface area (Å²) in [6.07, 6.45) is 7.81. The molecule has 6 nitrogen and oxygen atoms in total. The average molecular weight is 381 g/mol. The molecule has 0 amide bonds. The van der Waals surface area contributed by atoms with Crippen LogP contribution in [0.5, 0.6) is 0 Å². The van der Waals surface area contributed by atoms with Crippen molar-refractivity contribution in [2.45, 2.75) is 13.1 Å². The minimum Gasteiger partial charge on any atom is -0.318 e. The first-order valence-electron chi connectivity index (χ1n) is 8.61. The first-order chi connectivity index (χ1) is 13.5. The van der Waals surface area contributed by atoms with Crippen molar-refractivity contribution in [3.8, 4) is 22.3 Å². The van der Waals surface area contributed by atoms with E-state index in [1.807, 2.05) is 36.5 Å². The molecule has 0 radical (unpaired) electrons. The summed E-state index contributed by atoms with van der Waals surface area (Å²) in [6, 6.07) is 11.3. The van der Waals surface area contributed by atoms with Crippen LogP contribution in [0, 0.1) is 0 Å². The van der Waals surface area contributed by atoms with Crippen LogP contribution in [-0.2, 0) is 13.6 Å². The van der Waals surface area contributed by atoms with Crippen LogP contribution in [0.15, 0.2) is 72.2 Å². The SMILES string of the molecule is Cn1cc(-c2cnn(Cc3ccccc3)c2)c(-c2cnn(C(F)F)c2)cc1=O. The monoisotopic (exact) mass is 381 g/mol. The Morgan fingerprint density at radius 3 is 2.39 bits per heavy atom. The second-order valence-electron chi connectivity index (χ2n) is 6.45. The topological polar surface area (TPSA) is 57.6 Å². The lowest BCUT2D eigenvalue weighted by Gasteiger charge is -2.08. The van der Waals surface area contributed by atoms with Crippen LogP contribution in [0.25, 0.3) is 22.3 Å². The second kappa shape index (κ2) is 7.22. The van der Waals surface area contributed by atoms with E-state index in [1.165, 1.54) is 23.0 Å². The fourth-order valence-corrected chi connectivity index (χ4v) is 3.04. The zero-order valence-electron chi connectivity index (χ0n) is 15.0. The van der Waals surface area contributed by atoms with E-state index in [-0.39, 0.29) is 5.56 Å². The van der Waals surface area contributed by atoms with Crippen LogP contribution in [-0.4, -0.2) is 24.1 Å². The predicted octanol–water partition coefficient (Wildman–Crippen LogP) is 3.56. The Labute approximate surface area is 159 Å². The smallest absolute Gasteiger partial charge is 0.318 e. The Kier molecular flexibility index (Phi) is 4.60. The normalized spacial score (nSPS) is 11.3. The van der Waals surface area contributed by atoms with Gasteiger partial charge in [0.2, 0.25) is 0 Å². The summed E-state index contributed by atoms with van der Waals surface area (Å²) in [4.78, 5) is 12.2. The van der Waals surface area contributed by atoms with Gasteiger partial charge in [0.05, 0.1) is 18.9 Å². The molecule has 0 spiro atoms. The molecule has 142 valence electrons. The number of aromatic nitrogens is 5. The lowest BCUT2D eigenvalue weighted by atomic mass is 10.0. The molecule has 4 rings (SSSR count). The number of aryl methyl sites for hydroxylation is 1. The summed E-state index contributed by atoms with van der Waals surface area (Å²) in [6.45, 7) is -2.14. The van der Waals surface area contributed by atoms with E-state index in [0.29, 0.717) is 22.4 Å². The molecule has 0 saturated carbocycles. The van der Waals surface area contributed by atoms with Crippen molar-refractivity contribution in [1.29, 1.82) is 0 Å². The number of alkyl halides is 2. The van der Waals surface area contributed by atoms with Crippen molar-refractivity contribution in [2.75, 3.05) is 0 Å². The minimum atomic E-state index is -2.74. The van der Waals surface area contributed by atoms with Crippen LogP contribution < -0.4 is 5.56 Å². The third-order valence-electron chi connectivity index (χ3n) is 4.47. The van der Waals surface area contributed by atoms with Crippen LogP contribution in [0.1, 0.15) is 12.1 Å². The van der Waals surface area contributed by atoms with Crippen molar-refractivity contribution >= 4 is 0 Å². The molecule has 0 unspecified atom stereocenters. The minimum absolute atomic E-state index is 0.236. The van der Waals surface area contributed by atoms with Gasteiger partial charge in [0.1, 0.15) is 0 Å². The largest absolute Gasteiger partial charge is 0.333 e. The highest BCUT2D eigenvalue weighted by molar-refractivity contribution is 5.81. The van der Waals surface area contributed by atoms with Crippen molar-refractivity contribution in [1.82, 2.24) is 24.1 Å². The maximum atomic E-state index is 12.9. The molecule has 0 aliphatic heterocycles. The molecule has 4 aromatic rings. The first-order valence-corrected chi connectivity index (χ1v) is 8.61. The second-order valence-corrected chi connectivity index (χ2v) is 6.45. The number of nitrogens with zero attached hydrogens (tertiary/aromatic N) is 5. The molecule has 0 N–H and O–H groups in total. The zero-order valence-corrected chi connectivity index (χ0v) is 15.0. The zero-order chi connectivity index (χ0) is 19.7. The molecular weight excluding hydrogens is 364 g/mol. The van der Waals surface area contributed by atoms with Crippen LogP contribution in [0.3, 0.4) is 0 Å². The van der Waals surface area contributed by atoms with E-state index in [2.05, 4.69) is 10.2 Å². The summed E-state index contributed by atoms with van der Waals surface area (Å²) >= 11 is 0. The number of hydrogen-bond donors (Lipinski definition) is 0. The number of halogens is 2. The van der Waals surface area contributed by atoms with E-state index >= 15 is 0 Å². The lowest BCUT2D eigenvalue weighted by molar-refractivity contribution is 0.0566. The van der Waals surface area contributed by atoms with E-state index in [9.17, 15) is 13.6 Å². The molecule has 0 fully saturated rings. The lowest BCUT2D eigenvalue weighted by Crippen LogP contribution is -2.15. The molecular formula is C20H17F2N5O. The quantitative estimate of drug-likeness (QED) is 0.531. The summed E-state index contributed by atoms with van der Waals surface area (Å²) in [7, 11) is 1.65. The fourth-order valence-electron chi connectivity index (χ4n) is 3.04. The Morgan fingerprint density at radius 1 is 0.964 bits per heavy atom. The standard InChI is InChI=1S/C20H17F2N5O/c1-25-13-18(15-8-23-26(11-15)10-14-5-3-2-4-6-14)17(7-19(25)28)16-9-24-27(12-16)20(21)22/h2-9,11-13,20H,10H2,1H3. The molecule has 0 aliphatic rings. The molecule has 3 heterocycles. The van der Waals surface area contributed by atoms with Crippen molar-refractivity contribution < 1.29 is 8.78 Å². The Hall–Kier alpha value is -3.55. The predicted molar refractivity (Wildman–Crippen MR) is 101 cm³/mol. The van der Waals surface area contributed by atoms with Crippen molar-refractivity contribution in [2.24, 2.45) is 7.05 Å². The highest BCUT2D eigenvalue weighted by Crippen LogP contribution is 2.31. The third kappa shape index (κ3) is 3.48. The summed E-state index contributed by atoms with van der Waals surface area (Å²) in [5.74, 6) is 0. The number of rotatable bonds is 5. The maximum absolute atomic E-state index is 12.9. The van der Waals surface area contributed by atoms with Gasteiger partial charge in [0.25, 0.3) is 5.56 Å².